The summed E-state index contributed by atoms with van der Waals surface area (Å²) in [7, 11) is 0. The summed E-state index contributed by atoms with van der Waals surface area (Å²) in [5.41, 5.74) is 1.13. The number of aromatic amines is 1. The number of amides is 1. The van der Waals surface area contributed by atoms with Gasteiger partial charge in [-0.15, -0.1) is 11.3 Å². The third-order valence-corrected chi connectivity index (χ3v) is 6.22. The second-order valence-corrected chi connectivity index (χ2v) is 7.92. The van der Waals surface area contributed by atoms with Crippen LogP contribution in [0.1, 0.15) is 30.3 Å². The Morgan fingerprint density at radius 2 is 2.19 bits per heavy atom. The maximum Gasteiger partial charge on any atom is 0.263 e. The summed E-state index contributed by atoms with van der Waals surface area (Å²) >= 11 is 12.9. The molecule has 0 aliphatic heterocycles. The van der Waals surface area contributed by atoms with Crippen LogP contribution in [-0.4, -0.2) is 15.5 Å². The molecule has 0 aliphatic carbocycles. The smallest absolute Gasteiger partial charge is 0.263 e. The van der Waals surface area contributed by atoms with E-state index in [2.05, 4.69) is 10.3 Å². The molecule has 2 N–H and O–H groups in total. The predicted octanol–water partition coefficient (Wildman–Crippen LogP) is 4.84. The summed E-state index contributed by atoms with van der Waals surface area (Å²) in [6.45, 7) is 5.51. The lowest BCUT2D eigenvalue weighted by atomic mass is 10.2. The molecule has 3 aromatic rings. The average Bonchev–Trinajstić information content (AvgIpc) is 3.02. The summed E-state index contributed by atoms with van der Waals surface area (Å²) in [6.07, 6.45) is 0.837. The Hall–Kier alpha value is -1.96. The number of aryl methyl sites for hydroxylation is 1. The van der Waals surface area contributed by atoms with Crippen LogP contribution in [0.4, 0.5) is 5.69 Å². The molecular weight excluding hydrogens is 390 g/mol. The average molecular weight is 408 g/mol. The van der Waals surface area contributed by atoms with Gasteiger partial charge < -0.3 is 10.3 Å². The molecule has 0 saturated carbocycles. The normalized spacial score (nSPS) is 12.3. The van der Waals surface area contributed by atoms with Gasteiger partial charge in [-0.1, -0.05) is 24.6 Å². The van der Waals surface area contributed by atoms with Crippen LogP contribution in [0.15, 0.2) is 29.1 Å². The van der Waals surface area contributed by atoms with E-state index in [9.17, 15) is 9.59 Å². The minimum Gasteiger partial charge on any atom is -0.324 e. The quantitative estimate of drug-likeness (QED) is 0.608. The van der Waals surface area contributed by atoms with Crippen molar-refractivity contribution < 1.29 is 4.79 Å². The number of H-pyrrole nitrogens is 1. The van der Waals surface area contributed by atoms with Crippen LogP contribution >= 0.6 is 35.2 Å². The second-order valence-electron chi connectivity index (χ2n) is 5.99. The van der Waals surface area contributed by atoms with Gasteiger partial charge in [-0.25, -0.2) is 0 Å². The maximum absolute atomic E-state index is 12.9. The molecule has 1 unspecified atom stereocenters. The van der Waals surface area contributed by atoms with Crippen molar-refractivity contribution in [2.75, 3.05) is 5.32 Å². The highest BCUT2D eigenvalue weighted by Crippen LogP contribution is 2.25. The zero-order chi connectivity index (χ0) is 19.0. The van der Waals surface area contributed by atoms with Crippen molar-refractivity contribution in [3.05, 3.63) is 54.9 Å². The van der Waals surface area contributed by atoms with Gasteiger partial charge in [0.1, 0.15) is 10.9 Å². The number of aromatic nitrogens is 2. The molecule has 2 heterocycles. The zero-order valence-electron chi connectivity index (χ0n) is 14.6. The lowest BCUT2D eigenvalue weighted by Crippen LogP contribution is -2.32. The van der Waals surface area contributed by atoms with Gasteiger partial charge in [-0.05, 0) is 56.2 Å². The summed E-state index contributed by atoms with van der Waals surface area (Å²) < 4.78 is 1.55. The summed E-state index contributed by atoms with van der Waals surface area (Å²) in [6, 6.07) is 6.38. The molecular formula is C18H18ClN3O2S2. The Kier molecular flexibility index (Phi) is 5.32. The van der Waals surface area contributed by atoms with Crippen LogP contribution in [0.3, 0.4) is 0 Å². The molecule has 0 spiro atoms. The highest BCUT2D eigenvalue weighted by Gasteiger charge is 2.20. The number of carbonyl (C=O) groups is 1. The van der Waals surface area contributed by atoms with E-state index in [0.29, 0.717) is 16.1 Å². The molecule has 2 aromatic heterocycles. The number of halogens is 1. The largest absolute Gasteiger partial charge is 0.324 e. The number of nitrogens with one attached hydrogen (secondary N) is 2. The van der Waals surface area contributed by atoms with Crippen LogP contribution in [0.5, 0.6) is 0 Å². The van der Waals surface area contributed by atoms with E-state index < -0.39 is 6.04 Å². The molecule has 0 radical (unpaired) electrons. The minimum absolute atomic E-state index is 0.234. The molecule has 8 heteroatoms. The Bertz CT molecular complexity index is 1110. The van der Waals surface area contributed by atoms with E-state index in [1.54, 1.807) is 25.1 Å². The standard InChI is InChI=1S/C18H18ClN3O2S2/c1-4-11-8-12-16(26-11)21-18(25)22(17(12)24)10(3)15(23)20-14-7-5-6-13(19)9(14)2/h5-8,10H,4H2,1-3H3,(H,20,23)(H,21,25). The summed E-state index contributed by atoms with van der Waals surface area (Å²) in [5, 5.41) is 3.95. The Morgan fingerprint density at radius 3 is 2.88 bits per heavy atom. The zero-order valence-corrected chi connectivity index (χ0v) is 16.9. The van der Waals surface area contributed by atoms with Crippen LogP contribution in [0, 0.1) is 11.7 Å². The van der Waals surface area contributed by atoms with E-state index >= 15 is 0 Å². The van der Waals surface area contributed by atoms with E-state index in [0.717, 1.165) is 21.7 Å². The molecule has 1 atom stereocenters. The van der Waals surface area contributed by atoms with Crippen LogP contribution in [0.2, 0.25) is 5.02 Å². The monoisotopic (exact) mass is 407 g/mol. The molecule has 0 aliphatic rings. The van der Waals surface area contributed by atoms with Crippen molar-refractivity contribution in [1.82, 2.24) is 9.55 Å². The first-order chi connectivity index (χ1) is 12.3. The van der Waals surface area contributed by atoms with Gasteiger partial charge in [0.05, 0.1) is 5.39 Å². The van der Waals surface area contributed by atoms with Crippen LogP contribution in [0.25, 0.3) is 10.2 Å². The van der Waals surface area contributed by atoms with Crippen molar-refractivity contribution in [3.63, 3.8) is 0 Å². The van der Waals surface area contributed by atoms with Crippen molar-refractivity contribution >= 4 is 57.0 Å². The molecule has 136 valence electrons. The highest BCUT2D eigenvalue weighted by molar-refractivity contribution is 7.71. The topological polar surface area (TPSA) is 66.9 Å². The van der Waals surface area contributed by atoms with E-state index in [-0.39, 0.29) is 16.2 Å². The minimum atomic E-state index is -0.765. The predicted molar refractivity (Wildman–Crippen MR) is 110 cm³/mol. The first-order valence-corrected chi connectivity index (χ1v) is 9.77. The third kappa shape index (κ3) is 3.34. The Labute approximate surface area is 164 Å². The van der Waals surface area contributed by atoms with Crippen LogP contribution in [-0.2, 0) is 11.2 Å². The lowest BCUT2D eigenvalue weighted by molar-refractivity contribution is -0.118. The van der Waals surface area contributed by atoms with Crippen molar-refractivity contribution in [2.24, 2.45) is 0 Å². The number of rotatable bonds is 4. The van der Waals surface area contributed by atoms with Crippen molar-refractivity contribution in [2.45, 2.75) is 33.2 Å². The molecule has 5 nitrogen and oxygen atoms in total. The van der Waals surface area contributed by atoms with Gasteiger partial charge in [0.15, 0.2) is 4.77 Å². The third-order valence-electron chi connectivity index (χ3n) is 4.31. The van der Waals surface area contributed by atoms with Crippen LogP contribution < -0.4 is 10.9 Å². The molecule has 1 aromatic carbocycles. The Balaban J connectivity index is 2.00. The fraction of sp³-hybridized carbons (Fsp3) is 0.278. The van der Waals surface area contributed by atoms with E-state index in [1.807, 2.05) is 19.9 Å². The summed E-state index contributed by atoms with van der Waals surface area (Å²) in [4.78, 5) is 30.5. The number of nitrogens with zero attached hydrogens (tertiary/aromatic N) is 1. The number of anilines is 1. The summed E-state index contributed by atoms with van der Waals surface area (Å²) in [5.74, 6) is -0.331. The highest BCUT2D eigenvalue weighted by atomic mass is 35.5. The maximum atomic E-state index is 12.9. The fourth-order valence-electron chi connectivity index (χ4n) is 2.70. The van der Waals surface area contributed by atoms with Gasteiger partial charge in [0.2, 0.25) is 5.91 Å². The molecule has 1 amide bonds. The van der Waals surface area contributed by atoms with E-state index in [4.69, 9.17) is 23.8 Å². The number of carbonyl (C=O) groups excluding carboxylic acids is 1. The van der Waals surface area contributed by atoms with Gasteiger partial charge in [0.25, 0.3) is 5.56 Å². The fourth-order valence-corrected chi connectivity index (χ4v) is 4.27. The SMILES string of the molecule is CCc1cc2c(=O)n(C(C)C(=O)Nc3cccc(Cl)c3C)c(=S)[nH]c2s1. The van der Waals surface area contributed by atoms with Gasteiger partial charge in [0, 0.05) is 15.6 Å². The van der Waals surface area contributed by atoms with Gasteiger partial charge in [-0.2, -0.15) is 0 Å². The first-order valence-electron chi connectivity index (χ1n) is 8.16. The molecule has 0 fully saturated rings. The van der Waals surface area contributed by atoms with Gasteiger partial charge in [-0.3, -0.25) is 14.2 Å². The number of hydrogen-bond acceptors (Lipinski definition) is 4. The second kappa shape index (κ2) is 7.34. The van der Waals surface area contributed by atoms with Crippen molar-refractivity contribution in [1.29, 1.82) is 0 Å². The number of hydrogen-bond donors (Lipinski definition) is 2. The molecule has 0 saturated heterocycles. The first kappa shape index (κ1) is 18.8. The molecule has 26 heavy (non-hydrogen) atoms. The molecule has 0 bridgehead atoms. The Morgan fingerprint density at radius 1 is 1.46 bits per heavy atom. The van der Waals surface area contributed by atoms with E-state index in [1.165, 1.54) is 15.9 Å². The lowest BCUT2D eigenvalue weighted by Gasteiger charge is -2.16. The number of fused-ring (bicyclic) bond motifs is 1. The number of thiophene rings is 1. The number of benzene rings is 1. The molecule has 3 rings (SSSR count). The van der Waals surface area contributed by atoms with Crippen molar-refractivity contribution in [3.8, 4) is 0 Å². The van der Waals surface area contributed by atoms with Gasteiger partial charge >= 0.3 is 0 Å².